The van der Waals surface area contributed by atoms with Crippen molar-refractivity contribution in [1.82, 2.24) is 4.98 Å². The normalized spacial score (nSPS) is 11.3. The van der Waals surface area contributed by atoms with Crippen molar-refractivity contribution in [2.24, 2.45) is 0 Å². The van der Waals surface area contributed by atoms with Crippen molar-refractivity contribution in [3.05, 3.63) is 57.3 Å². The molecule has 2 aromatic rings. The van der Waals surface area contributed by atoms with E-state index in [2.05, 4.69) is 26.2 Å². The van der Waals surface area contributed by atoms with Crippen LogP contribution in [0.15, 0.2) is 41.1 Å². The Morgan fingerprint density at radius 1 is 1.24 bits per heavy atom. The highest BCUT2D eigenvalue weighted by atomic mass is 79.9. The number of amides is 1. The number of carbonyl (C=O) groups is 1. The second-order valence-corrected chi connectivity index (χ2v) is 5.30. The Balaban J connectivity index is 2.27. The number of halogens is 5. The van der Waals surface area contributed by atoms with Crippen LogP contribution in [0, 0.1) is 0 Å². The van der Waals surface area contributed by atoms with Crippen molar-refractivity contribution in [2.75, 3.05) is 5.32 Å². The van der Waals surface area contributed by atoms with Crippen molar-refractivity contribution in [3.8, 4) is 0 Å². The SMILES string of the molecule is O=C(Nc1cc(Cl)cc(C(F)(F)F)c1)c1ccnc(Br)c1. The van der Waals surface area contributed by atoms with Crippen LogP contribution in [0.1, 0.15) is 15.9 Å². The summed E-state index contributed by atoms with van der Waals surface area (Å²) in [6.07, 6.45) is -3.14. The van der Waals surface area contributed by atoms with Crippen LogP contribution in [0.3, 0.4) is 0 Å². The third-order valence-electron chi connectivity index (χ3n) is 2.47. The quantitative estimate of drug-likeness (QED) is 0.764. The summed E-state index contributed by atoms with van der Waals surface area (Å²) >= 11 is 8.75. The fraction of sp³-hybridized carbons (Fsp3) is 0.0769. The smallest absolute Gasteiger partial charge is 0.322 e. The highest BCUT2D eigenvalue weighted by Gasteiger charge is 2.31. The first-order chi connectivity index (χ1) is 9.75. The maximum Gasteiger partial charge on any atom is 0.416 e. The average Bonchev–Trinajstić information content (AvgIpc) is 2.37. The van der Waals surface area contributed by atoms with Crippen LogP contribution in [-0.2, 0) is 6.18 Å². The van der Waals surface area contributed by atoms with Gasteiger partial charge in [0.25, 0.3) is 5.91 Å². The number of hydrogen-bond acceptors (Lipinski definition) is 2. The molecule has 1 aromatic carbocycles. The molecular weight excluding hydrogens is 373 g/mol. The molecule has 1 heterocycles. The van der Waals surface area contributed by atoms with Crippen LogP contribution in [-0.4, -0.2) is 10.9 Å². The van der Waals surface area contributed by atoms with E-state index in [0.717, 1.165) is 12.1 Å². The van der Waals surface area contributed by atoms with Gasteiger partial charge in [0, 0.05) is 22.5 Å². The van der Waals surface area contributed by atoms with Crippen molar-refractivity contribution in [1.29, 1.82) is 0 Å². The molecule has 0 radical (unpaired) electrons. The number of aromatic nitrogens is 1. The zero-order chi connectivity index (χ0) is 15.6. The van der Waals surface area contributed by atoms with Gasteiger partial charge in [-0.05, 0) is 46.3 Å². The topological polar surface area (TPSA) is 42.0 Å². The number of pyridine rings is 1. The molecule has 110 valence electrons. The van der Waals surface area contributed by atoms with Crippen molar-refractivity contribution in [3.63, 3.8) is 0 Å². The van der Waals surface area contributed by atoms with Crippen molar-refractivity contribution >= 4 is 39.1 Å². The number of nitrogens with zero attached hydrogens (tertiary/aromatic N) is 1. The van der Waals surface area contributed by atoms with Gasteiger partial charge in [0.05, 0.1) is 5.56 Å². The van der Waals surface area contributed by atoms with E-state index in [-0.39, 0.29) is 16.3 Å². The molecule has 0 bridgehead atoms. The van der Waals surface area contributed by atoms with E-state index in [9.17, 15) is 18.0 Å². The predicted octanol–water partition coefficient (Wildman–Crippen LogP) is 4.77. The second-order valence-electron chi connectivity index (χ2n) is 4.05. The molecule has 0 unspecified atom stereocenters. The number of carbonyl (C=O) groups excluding carboxylic acids is 1. The minimum absolute atomic E-state index is 0.0345. The Bertz CT molecular complexity index is 691. The lowest BCUT2D eigenvalue weighted by Crippen LogP contribution is -2.13. The summed E-state index contributed by atoms with van der Waals surface area (Å²) in [5.41, 5.74) is -0.709. The van der Waals surface area contributed by atoms with Gasteiger partial charge < -0.3 is 5.32 Å². The summed E-state index contributed by atoms with van der Waals surface area (Å²) < 4.78 is 38.5. The van der Waals surface area contributed by atoms with Crippen LogP contribution in [0.5, 0.6) is 0 Å². The molecule has 0 atom stereocenters. The van der Waals surface area contributed by atoms with Gasteiger partial charge in [0.1, 0.15) is 4.60 Å². The summed E-state index contributed by atoms with van der Waals surface area (Å²) in [4.78, 5) is 15.8. The Hall–Kier alpha value is -1.60. The van der Waals surface area contributed by atoms with Crippen LogP contribution in [0.2, 0.25) is 5.02 Å². The minimum Gasteiger partial charge on any atom is -0.322 e. The van der Waals surface area contributed by atoms with E-state index in [4.69, 9.17) is 11.6 Å². The van der Waals surface area contributed by atoms with Gasteiger partial charge in [-0.2, -0.15) is 13.2 Å². The third kappa shape index (κ3) is 4.18. The van der Waals surface area contributed by atoms with E-state index >= 15 is 0 Å². The monoisotopic (exact) mass is 378 g/mol. The Labute approximate surface area is 131 Å². The Kier molecular flexibility index (Phi) is 4.53. The summed E-state index contributed by atoms with van der Waals surface area (Å²) in [5, 5.41) is 2.25. The number of rotatable bonds is 2. The number of hydrogen-bond donors (Lipinski definition) is 1. The Morgan fingerprint density at radius 2 is 1.95 bits per heavy atom. The van der Waals surface area contributed by atoms with E-state index in [0.29, 0.717) is 4.60 Å². The van der Waals surface area contributed by atoms with E-state index in [1.165, 1.54) is 24.4 Å². The van der Waals surface area contributed by atoms with Gasteiger partial charge in [0.15, 0.2) is 0 Å². The number of benzene rings is 1. The van der Waals surface area contributed by atoms with Crippen molar-refractivity contribution in [2.45, 2.75) is 6.18 Å². The Morgan fingerprint density at radius 3 is 2.57 bits per heavy atom. The summed E-state index contributed by atoms with van der Waals surface area (Å²) in [5.74, 6) is -0.562. The molecule has 3 nitrogen and oxygen atoms in total. The average molecular weight is 380 g/mol. The van der Waals surface area contributed by atoms with Crippen LogP contribution >= 0.6 is 27.5 Å². The lowest BCUT2D eigenvalue weighted by molar-refractivity contribution is -0.137. The number of alkyl halides is 3. The van der Waals surface area contributed by atoms with Gasteiger partial charge in [-0.25, -0.2) is 4.98 Å². The van der Waals surface area contributed by atoms with Gasteiger partial charge in [-0.3, -0.25) is 4.79 Å². The number of anilines is 1. The molecule has 1 amide bonds. The first-order valence-electron chi connectivity index (χ1n) is 5.56. The van der Waals surface area contributed by atoms with Crippen molar-refractivity contribution < 1.29 is 18.0 Å². The second kappa shape index (κ2) is 6.03. The standard InChI is InChI=1S/C13H7BrClF3N2O/c14-11-3-7(1-2-19-11)12(21)20-10-5-8(13(16,17)18)4-9(15)6-10/h1-6H,(H,20,21). The molecule has 0 aliphatic heterocycles. The molecule has 0 saturated carbocycles. The minimum atomic E-state index is -4.54. The lowest BCUT2D eigenvalue weighted by Gasteiger charge is -2.11. The molecule has 8 heteroatoms. The zero-order valence-electron chi connectivity index (χ0n) is 10.2. The largest absolute Gasteiger partial charge is 0.416 e. The summed E-state index contributed by atoms with van der Waals surface area (Å²) in [7, 11) is 0. The molecule has 21 heavy (non-hydrogen) atoms. The van der Waals surface area contributed by atoms with E-state index in [1.807, 2.05) is 0 Å². The van der Waals surface area contributed by atoms with E-state index < -0.39 is 17.6 Å². The molecule has 2 rings (SSSR count). The van der Waals surface area contributed by atoms with Gasteiger partial charge >= 0.3 is 6.18 Å². The fourth-order valence-corrected chi connectivity index (χ4v) is 2.17. The van der Waals surface area contributed by atoms with E-state index in [1.54, 1.807) is 0 Å². The highest BCUT2D eigenvalue weighted by molar-refractivity contribution is 9.10. The molecule has 1 N–H and O–H groups in total. The summed E-state index contributed by atoms with van der Waals surface area (Å²) in [6, 6.07) is 5.74. The lowest BCUT2D eigenvalue weighted by atomic mass is 10.2. The maximum absolute atomic E-state index is 12.7. The summed E-state index contributed by atoms with van der Waals surface area (Å²) in [6.45, 7) is 0. The fourth-order valence-electron chi connectivity index (χ4n) is 1.57. The van der Waals surface area contributed by atoms with Crippen LogP contribution < -0.4 is 5.32 Å². The van der Waals surface area contributed by atoms with Crippen LogP contribution in [0.25, 0.3) is 0 Å². The van der Waals surface area contributed by atoms with Gasteiger partial charge in [-0.15, -0.1) is 0 Å². The first kappa shape index (κ1) is 15.8. The number of nitrogens with one attached hydrogen (secondary N) is 1. The molecule has 1 aromatic heterocycles. The first-order valence-corrected chi connectivity index (χ1v) is 6.73. The molecule has 0 spiro atoms. The zero-order valence-corrected chi connectivity index (χ0v) is 12.6. The van der Waals surface area contributed by atoms with Gasteiger partial charge in [0.2, 0.25) is 0 Å². The van der Waals surface area contributed by atoms with Gasteiger partial charge in [-0.1, -0.05) is 11.6 Å². The molecular formula is C13H7BrClF3N2O. The molecule has 0 aliphatic rings. The highest BCUT2D eigenvalue weighted by Crippen LogP contribution is 2.33. The third-order valence-corrected chi connectivity index (χ3v) is 3.12. The molecule has 0 saturated heterocycles. The van der Waals surface area contributed by atoms with Crippen LogP contribution in [0.4, 0.5) is 18.9 Å². The maximum atomic E-state index is 12.7. The predicted molar refractivity (Wildman–Crippen MR) is 76.3 cm³/mol. The molecule has 0 aliphatic carbocycles. The molecule has 0 fully saturated rings.